The average Bonchev–Trinajstić information content (AvgIpc) is 2.51. The van der Waals surface area contributed by atoms with Gasteiger partial charge in [0, 0.05) is 41.0 Å². The fourth-order valence-corrected chi connectivity index (χ4v) is 2.97. The number of carbonyl (C=O) groups is 5. The van der Waals surface area contributed by atoms with Crippen LogP contribution in [0.1, 0.15) is 41.0 Å². The summed E-state index contributed by atoms with van der Waals surface area (Å²) in [4.78, 5) is 57.4. The molecule has 0 spiro atoms. The lowest BCUT2D eigenvalue weighted by atomic mass is 9.77. The first-order valence-corrected chi connectivity index (χ1v) is 8.40. The van der Waals surface area contributed by atoms with E-state index in [4.69, 9.17) is 23.7 Å². The van der Waals surface area contributed by atoms with Gasteiger partial charge in [-0.05, 0) is 0 Å². The van der Waals surface area contributed by atoms with Crippen LogP contribution in [0.3, 0.4) is 0 Å². The molecular weight excluding hydrogens is 380 g/mol. The summed E-state index contributed by atoms with van der Waals surface area (Å²) >= 11 is 0. The molecule has 1 aliphatic rings. The molecule has 1 fully saturated rings. The molecule has 11 heteroatoms. The number of rotatable bonds is 6. The van der Waals surface area contributed by atoms with Gasteiger partial charge in [-0.2, -0.15) is 0 Å². The summed E-state index contributed by atoms with van der Waals surface area (Å²) in [5.74, 6) is -3.95. The Labute approximate surface area is 161 Å². The molecule has 0 amide bonds. The lowest BCUT2D eigenvalue weighted by Gasteiger charge is -2.47. The topological polar surface area (TPSA) is 152 Å². The summed E-state index contributed by atoms with van der Waals surface area (Å²) in [6, 6.07) is 0. The van der Waals surface area contributed by atoms with E-state index in [-0.39, 0.29) is 0 Å². The molecule has 1 saturated carbocycles. The van der Waals surface area contributed by atoms with Crippen molar-refractivity contribution in [2.24, 2.45) is 0 Å². The van der Waals surface area contributed by atoms with Crippen molar-refractivity contribution in [3.05, 3.63) is 0 Å². The second kappa shape index (κ2) is 9.49. The van der Waals surface area contributed by atoms with Crippen LogP contribution < -0.4 is 0 Å². The average molecular weight is 404 g/mol. The molecular formula is C17H24O11. The van der Waals surface area contributed by atoms with Gasteiger partial charge >= 0.3 is 29.8 Å². The molecule has 1 rings (SSSR count). The Hall–Kier alpha value is -2.69. The predicted molar refractivity (Wildman–Crippen MR) is 88.4 cm³/mol. The van der Waals surface area contributed by atoms with Gasteiger partial charge in [0.1, 0.15) is 18.3 Å². The monoisotopic (exact) mass is 404 g/mol. The minimum absolute atomic E-state index is 0.423. The number of hydrogen-bond acceptors (Lipinski definition) is 11. The molecule has 28 heavy (non-hydrogen) atoms. The van der Waals surface area contributed by atoms with Crippen molar-refractivity contribution in [2.75, 3.05) is 6.61 Å². The zero-order chi connectivity index (χ0) is 21.6. The molecule has 5 atom stereocenters. The molecule has 0 aliphatic heterocycles. The quantitative estimate of drug-likeness (QED) is 0.446. The van der Waals surface area contributed by atoms with Gasteiger partial charge in [0.2, 0.25) is 0 Å². The van der Waals surface area contributed by atoms with Gasteiger partial charge in [0.15, 0.2) is 18.3 Å². The van der Waals surface area contributed by atoms with Crippen molar-refractivity contribution in [3.63, 3.8) is 0 Å². The van der Waals surface area contributed by atoms with Gasteiger partial charge in [0.25, 0.3) is 0 Å². The van der Waals surface area contributed by atoms with Gasteiger partial charge in [0.05, 0.1) is 0 Å². The Morgan fingerprint density at radius 2 is 1.21 bits per heavy atom. The maximum Gasteiger partial charge on any atom is 0.303 e. The molecule has 158 valence electrons. The standard InChI is InChI=1S/C17H24O11/c1-8(18)24-7-17(23)6-13(25-9(2)19)14(26-10(3)20)15(27-11(4)21)16(17)28-12(5)22/h13-16,23H,6-7H2,1-5H3/t13-,14+,15-,16+,17+/m1/s1. The van der Waals surface area contributed by atoms with E-state index in [1.165, 1.54) is 0 Å². The molecule has 1 aliphatic carbocycles. The van der Waals surface area contributed by atoms with Crippen molar-refractivity contribution in [1.29, 1.82) is 0 Å². The highest BCUT2D eigenvalue weighted by atomic mass is 16.6. The van der Waals surface area contributed by atoms with Crippen molar-refractivity contribution < 1.29 is 52.8 Å². The van der Waals surface area contributed by atoms with Crippen LogP contribution in [0.5, 0.6) is 0 Å². The molecule has 0 aromatic rings. The number of esters is 5. The van der Waals surface area contributed by atoms with E-state index < -0.39 is 72.9 Å². The highest BCUT2D eigenvalue weighted by Gasteiger charge is 2.59. The van der Waals surface area contributed by atoms with Crippen molar-refractivity contribution in [1.82, 2.24) is 0 Å². The highest BCUT2D eigenvalue weighted by molar-refractivity contribution is 5.69. The van der Waals surface area contributed by atoms with E-state index in [0.717, 1.165) is 34.6 Å². The second-order valence-electron chi connectivity index (χ2n) is 6.41. The van der Waals surface area contributed by atoms with Crippen LogP contribution in [-0.2, 0) is 47.7 Å². The number of hydrogen-bond donors (Lipinski definition) is 1. The molecule has 11 nitrogen and oxygen atoms in total. The number of ether oxygens (including phenoxy) is 5. The SMILES string of the molecule is CC(=O)OC[C@@]1(O)C[C@@H](OC(C)=O)[C@H](OC(C)=O)[C@@H](OC(C)=O)[C@@H]1OC(C)=O. The predicted octanol–water partition coefficient (Wildman–Crippen LogP) is -0.589. The van der Waals surface area contributed by atoms with Crippen LogP contribution in [-0.4, -0.2) is 71.6 Å². The maximum atomic E-state index is 11.6. The minimum atomic E-state index is -2.09. The van der Waals surface area contributed by atoms with E-state index in [1.54, 1.807) is 0 Å². The molecule has 0 aromatic heterocycles. The van der Waals surface area contributed by atoms with Crippen LogP contribution in [0.4, 0.5) is 0 Å². The first kappa shape index (κ1) is 23.3. The van der Waals surface area contributed by atoms with Crippen LogP contribution in [0, 0.1) is 0 Å². The Morgan fingerprint density at radius 1 is 0.750 bits per heavy atom. The molecule has 1 N–H and O–H groups in total. The van der Waals surface area contributed by atoms with Crippen LogP contribution in [0.15, 0.2) is 0 Å². The molecule has 0 heterocycles. The largest absolute Gasteiger partial charge is 0.463 e. The number of aliphatic hydroxyl groups is 1. The lowest BCUT2D eigenvalue weighted by molar-refractivity contribution is -0.255. The van der Waals surface area contributed by atoms with E-state index in [2.05, 4.69) is 0 Å². The fraction of sp³-hybridized carbons (Fsp3) is 0.706. The van der Waals surface area contributed by atoms with Crippen molar-refractivity contribution in [2.45, 2.75) is 71.1 Å². The normalized spacial score (nSPS) is 29.2. The summed E-state index contributed by atoms with van der Waals surface area (Å²) < 4.78 is 25.4. The van der Waals surface area contributed by atoms with Crippen molar-refractivity contribution in [3.8, 4) is 0 Å². The Balaban J connectivity index is 3.44. The van der Waals surface area contributed by atoms with Gasteiger partial charge in [-0.15, -0.1) is 0 Å². The highest BCUT2D eigenvalue weighted by Crippen LogP contribution is 2.37. The zero-order valence-corrected chi connectivity index (χ0v) is 16.3. The van der Waals surface area contributed by atoms with Crippen LogP contribution in [0.25, 0.3) is 0 Å². The summed E-state index contributed by atoms with van der Waals surface area (Å²) in [5, 5.41) is 11.1. The summed E-state index contributed by atoms with van der Waals surface area (Å²) in [6.07, 6.45) is -6.15. The fourth-order valence-electron chi connectivity index (χ4n) is 2.97. The first-order valence-electron chi connectivity index (χ1n) is 8.40. The smallest absolute Gasteiger partial charge is 0.303 e. The van der Waals surface area contributed by atoms with E-state index in [9.17, 15) is 29.1 Å². The minimum Gasteiger partial charge on any atom is -0.463 e. The molecule has 0 bridgehead atoms. The zero-order valence-electron chi connectivity index (χ0n) is 16.3. The third-order valence-corrected chi connectivity index (χ3v) is 3.81. The van der Waals surface area contributed by atoms with Gasteiger partial charge < -0.3 is 28.8 Å². The third-order valence-electron chi connectivity index (χ3n) is 3.81. The van der Waals surface area contributed by atoms with E-state index in [0.29, 0.717) is 0 Å². The Morgan fingerprint density at radius 3 is 1.64 bits per heavy atom. The molecule has 0 unspecified atom stereocenters. The van der Waals surface area contributed by atoms with E-state index in [1.807, 2.05) is 0 Å². The number of carbonyl (C=O) groups excluding carboxylic acids is 5. The Kier molecular flexibility index (Phi) is 7.91. The van der Waals surface area contributed by atoms with Crippen LogP contribution in [0.2, 0.25) is 0 Å². The Bertz CT molecular complexity index is 643. The third kappa shape index (κ3) is 6.48. The van der Waals surface area contributed by atoms with Gasteiger partial charge in [-0.3, -0.25) is 24.0 Å². The molecule has 0 aromatic carbocycles. The van der Waals surface area contributed by atoms with Crippen LogP contribution >= 0.6 is 0 Å². The maximum absolute atomic E-state index is 11.6. The van der Waals surface area contributed by atoms with E-state index >= 15 is 0 Å². The summed E-state index contributed by atoms with van der Waals surface area (Å²) in [6.45, 7) is 4.72. The lowest BCUT2D eigenvalue weighted by Crippen LogP contribution is -2.67. The van der Waals surface area contributed by atoms with Crippen molar-refractivity contribution >= 4 is 29.8 Å². The molecule has 0 saturated heterocycles. The second-order valence-corrected chi connectivity index (χ2v) is 6.41. The first-order chi connectivity index (χ1) is 12.9. The summed E-state index contributed by atoms with van der Waals surface area (Å²) in [7, 11) is 0. The summed E-state index contributed by atoms with van der Waals surface area (Å²) in [5.41, 5.74) is -2.09. The van der Waals surface area contributed by atoms with Gasteiger partial charge in [-0.1, -0.05) is 0 Å². The van der Waals surface area contributed by atoms with Gasteiger partial charge in [-0.25, -0.2) is 0 Å². The molecule has 0 radical (unpaired) electrons.